The average Bonchev–Trinajstić information content (AvgIpc) is 1.97. The topological polar surface area (TPSA) is 87.7 Å². The van der Waals surface area contributed by atoms with E-state index in [1.807, 2.05) is 0 Å². The van der Waals surface area contributed by atoms with Crippen LogP contribution in [-0.2, 0) is 4.79 Å². The Labute approximate surface area is 64.6 Å². The van der Waals surface area contributed by atoms with E-state index in [4.69, 9.17) is 10.8 Å². The number of carbonyl (C=O) groups is 1. The summed E-state index contributed by atoms with van der Waals surface area (Å²) < 4.78 is 0. The quantitative estimate of drug-likeness (QED) is 0.282. The third-order valence-corrected chi connectivity index (χ3v) is 0.812. The molecule has 0 unspecified atom stereocenters. The number of hydrogen-bond acceptors (Lipinski definition) is 2. The maximum absolute atomic E-state index is 9.97. The predicted molar refractivity (Wildman–Crippen MR) is 42.3 cm³/mol. The van der Waals surface area contributed by atoms with Crippen LogP contribution in [0.4, 0.5) is 0 Å². The third kappa shape index (κ3) is 6.36. The molecule has 0 amide bonds. The molecule has 0 spiro atoms. The van der Waals surface area contributed by atoms with E-state index in [1.165, 1.54) is 0 Å². The lowest BCUT2D eigenvalue weighted by Gasteiger charge is -1.99. The summed E-state index contributed by atoms with van der Waals surface area (Å²) in [5.41, 5.74) is 5.24. The Morgan fingerprint density at radius 1 is 1.82 bits per heavy atom. The molecule has 0 heterocycles. The van der Waals surface area contributed by atoms with E-state index in [1.54, 1.807) is 6.08 Å². The van der Waals surface area contributed by atoms with Crippen molar-refractivity contribution in [1.82, 2.24) is 5.32 Å². The Kier molecular flexibility index (Phi) is 4.55. The van der Waals surface area contributed by atoms with Crippen LogP contribution < -0.4 is 11.1 Å². The highest BCUT2D eigenvalue weighted by atomic mass is 16.4. The van der Waals surface area contributed by atoms with Crippen LogP contribution in [0.25, 0.3) is 0 Å². The number of nitrogens with one attached hydrogen (secondary N) is 1. The molecule has 0 aliphatic heterocycles. The molecule has 0 aromatic rings. The van der Waals surface area contributed by atoms with Gasteiger partial charge >= 0.3 is 5.97 Å². The molecule has 0 rings (SSSR count). The summed E-state index contributed by atoms with van der Waals surface area (Å²) in [5, 5.41) is 10.8. The van der Waals surface area contributed by atoms with Gasteiger partial charge in [-0.2, -0.15) is 0 Å². The summed E-state index contributed by atoms with van der Waals surface area (Å²) in [5.74, 6) is -0.888. The zero-order valence-corrected chi connectivity index (χ0v) is 6.08. The molecule has 0 atom stereocenters. The molecule has 0 saturated carbocycles. The fraction of sp³-hybridized carbons (Fsp3) is 0.333. The fourth-order valence-electron chi connectivity index (χ4n) is 0.385. The molecule has 0 aromatic carbocycles. The monoisotopic (exact) mass is 157 g/mol. The van der Waals surface area contributed by atoms with Gasteiger partial charge in [0.15, 0.2) is 5.96 Å². The highest BCUT2D eigenvalue weighted by Gasteiger charge is 1.93. The largest absolute Gasteiger partial charge is 0.480 e. The number of guanidine groups is 1. The van der Waals surface area contributed by atoms with Gasteiger partial charge in [-0.3, -0.25) is 4.79 Å². The Morgan fingerprint density at radius 2 is 2.45 bits per heavy atom. The molecule has 5 nitrogen and oxygen atoms in total. The van der Waals surface area contributed by atoms with Crippen molar-refractivity contribution >= 4 is 11.9 Å². The second kappa shape index (κ2) is 5.28. The molecule has 0 bridgehead atoms. The zero-order chi connectivity index (χ0) is 8.69. The van der Waals surface area contributed by atoms with Gasteiger partial charge in [-0.25, -0.2) is 4.99 Å². The first-order valence-corrected chi connectivity index (χ1v) is 3.03. The molecule has 62 valence electrons. The Hall–Kier alpha value is -1.52. The fourth-order valence-corrected chi connectivity index (χ4v) is 0.385. The second-order valence-corrected chi connectivity index (χ2v) is 1.76. The van der Waals surface area contributed by atoms with Crippen molar-refractivity contribution in [2.45, 2.75) is 0 Å². The lowest BCUT2D eigenvalue weighted by Crippen LogP contribution is -2.32. The van der Waals surface area contributed by atoms with E-state index >= 15 is 0 Å². The van der Waals surface area contributed by atoms with Crippen LogP contribution in [0.1, 0.15) is 0 Å². The van der Waals surface area contributed by atoms with E-state index < -0.39 is 5.97 Å². The van der Waals surface area contributed by atoms with Crippen LogP contribution >= 0.6 is 0 Å². The second-order valence-electron chi connectivity index (χ2n) is 1.76. The van der Waals surface area contributed by atoms with E-state index in [-0.39, 0.29) is 12.5 Å². The number of carboxylic acid groups (broad SMARTS) is 1. The minimum Gasteiger partial charge on any atom is -0.480 e. The summed E-state index contributed by atoms with van der Waals surface area (Å²) in [6, 6.07) is 0. The van der Waals surface area contributed by atoms with Crippen LogP contribution in [0.15, 0.2) is 17.6 Å². The molecule has 4 N–H and O–H groups in total. The number of carboxylic acids is 1. The van der Waals surface area contributed by atoms with Crippen molar-refractivity contribution in [1.29, 1.82) is 0 Å². The first kappa shape index (κ1) is 9.48. The van der Waals surface area contributed by atoms with Gasteiger partial charge < -0.3 is 16.2 Å². The van der Waals surface area contributed by atoms with Crippen molar-refractivity contribution in [3.8, 4) is 0 Å². The number of aliphatic imine (C=N–C) groups is 1. The van der Waals surface area contributed by atoms with Crippen molar-refractivity contribution in [3.05, 3.63) is 12.7 Å². The standard InChI is InChI=1S/C6H11N3O2/c1-2-3-8-6(7)9-4-5(10)11/h2H,1,3-4H2,(H,10,11)(H3,7,8,9). The first-order valence-electron chi connectivity index (χ1n) is 3.03. The maximum atomic E-state index is 9.97. The summed E-state index contributed by atoms with van der Waals surface area (Å²) in [6.07, 6.45) is 1.60. The minimum absolute atomic E-state index is 0.118. The van der Waals surface area contributed by atoms with E-state index in [0.717, 1.165) is 0 Å². The van der Waals surface area contributed by atoms with Gasteiger partial charge in [-0.05, 0) is 0 Å². The number of aliphatic carboxylic acids is 1. The van der Waals surface area contributed by atoms with Gasteiger partial charge in [-0.15, -0.1) is 6.58 Å². The smallest absolute Gasteiger partial charge is 0.325 e. The van der Waals surface area contributed by atoms with Crippen molar-refractivity contribution in [3.63, 3.8) is 0 Å². The van der Waals surface area contributed by atoms with Crippen LogP contribution in [0, 0.1) is 0 Å². The number of nitrogens with two attached hydrogens (primary N) is 1. The summed E-state index contributed by atoms with van der Waals surface area (Å²) in [4.78, 5) is 13.5. The molecule has 5 heteroatoms. The van der Waals surface area contributed by atoms with Gasteiger partial charge in [-0.1, -0.05) is 6.08 Å². The highest BCUT2D eigenvalue weighted by Crippen LogP contribution is 1.69. The Morgan fingerprint density at radius 3 is 2.91 bits per heavy atom. The number of nitrogens with zero attached hydrogens (tertiary/aromatic N) is 1. The Balaban J connectivity index is 3.62. The van der Waals surface area contributed by atoms with Gasteiger partial charge in [0.1, 0.15) is 6.54 Å². The summed E-state index contributed by atoms with van der Waals surface area (Å²) >= 11 is 0. The van der Waals surface area contributed by atoms with E-state index in [0.29, 0.717) is 6.54 Å². The van der Waals surface area contributed by atoms with E-state index in [2.05, 4.69) is 16.9 Å². The van der Waals surface area contributed by atoms with Gasteiger partial charge in [0, 0.05) is 6.54 Å². The normalized spacial score (nSPS) is 10.7. The van der Waals surface area contributed by atoms with Crippen LogP contribution in [0.5, 0.6) is 0 Å². The van der Waals surface area contributed by atoms with Gasteiger partial charge in [0.2, 0.25) is 0 Å². The molecule has 0 aliphatic rings. The predicted octanol–water partition coefficient (Wildman–Crippen LogP) is -0.839. The van der Waals surface area contributed by atoms with Crippen molar-refractivity contribution < 1.29 is 9.90 Å². The van der Waals surface area contributed by atoms with Gasteiger partial charge in [0.25, 0.3) is 0 Å². The number of hydrogen-bond donors (Lipinski definition) is 3. The van der Waals surface area contributed by atoms with Crippen LogP contribution in [0.2, 0.25) is 0 Å². The maximum Gasteiger partial charge on any atom is 0.325 e. The molecule has 0 fully saturated rings. The number of rotatable bonds is 4. The molecule has 0 aromatic heterocycles. The SMILES string of the molecule is C=CCNC(N)=NCC(=O)O. The minimum atomic E-state index is -1.01. The first-order chi connectivity index (χ1) is 5.16. The Bertz CT molecular complexity index is 177. The highest BCUT2D eigenvalue weighted by molar-refractivity contribution is 5.81. The molecular weight excluding hydrogens is 146 g/mol. The summed E-state index contributed by atoms with van der Waals surface area (Å²) in [7, 11) is 0. The van der Waals surface area contributed by atoms with Crippen LogP contribution in [-0.4, -0.2) is 30.1 Å². The van der Waals surface area contributed by atoms with Crippen LogP contribution in [0.3, 0.4) is 0 Å². The zero-order valence-electron chi connectivity index (χ0n) is 6.08. The third-order valence-electron chi connectivity index (χ3n) is 0.812. The average molecular weight is 157 g/mol. The lowest BCUT2D eigenvalue weighted by molar-refractivity contribution is -0.135. The molecule has 0 radical (unpaired) electrons. The molecule has 11 heavy (non-hydrogen) atoms. The van der Waals surface area contributed by atoms with Crippen molar-refractivity contribution in [2.75, 3.05) is 13.1 Å². The summed E-state index contributed by atoms with van der Waals surface area (Å²) in [6.45, 7) is 3.61. The molecule has 0 saturated heterocycles. The molecular formula is C6H11N3O2. The van der Waals surface area contributed by atoms with Crippen molar-refractivity contribution in [2.24, 2.45) is 10.7 Å². The lowest BCUT2D eigenvalue weighted by atomic mass is 10.6. The van der Waals surface area contributed by atoms with Gasteiger partial charge in [0.05, 0.1) is 0 Å². The molecule has 0 aliphatic carbocycles. The van der Waals surface area contributed by atoms with E-state index in [9.17, 15) is 4.79 Å².